The van der Waals surface area contributed by atoms with Crippen molar-refractivity contribution in [2.45, 2.75) is 51.9 Å². The largest absolute Gasteiger partial charge is 0.497 e. The van der Waals surface area contributed by atoms with Gasteiger partial charge in [-0.1, -0.05) is 110 Å². The standard InChI is InChI=1S/C58H56N6O2/c1-65-47-29-25-43(26-30-47)55-57-51(49-21-11-13-23-53(49)63(57)37-41-17-7-5-8-18-41)35-45(60-55)39-62(34-16-4-3-15-33-59)40-46-36-52-50-22-12-14-24-54(50)64(38-42-19-9-6-10-20-42)58(52)56(61-46)44-27-31-48(66-2)32-28-44/h5-14,17-32,35-36H,3-4,15-16,33-34,37-40,59H2,1-2H3. The highest BCUT2D eigenvalue weighted by Crippen LogP contribution is 2.39. The summed E-state index contributed by atoms with van der Waals surface area (Å²) in [6, 6.07) is 60.3. The van der Waals surface area contributed by atoms with Crippen molar-refractivity contribution in [1.29, 1.82) is 0 Å². The molecule has 2 N–H and O–H groups in total. The molecule has 0 unspecified atom stereocenters. The summed E-state index contributed by atoms with van der Waals surface area (Å²) < 4.78 is 16.1. The smallest absolute Gasteiger partial charge is 0.118 e. The lowest BCUT2D eigenvalue weighted by Gasteiger charge is -2.23. The number of hydrogen-bond acceptors (Lipinski definition) is 6. The molecule has 0 aliphatic rings. The monoisotopic (exact) mass is 868 g/mol. The topological polar surface area (TPSA) is 83.4 Å². The average molecular weight is 869 g/mol. The van der Waals surface area contributed by atoms with E-state index in [0.29, 0.717) is 13.1 Å². The number of hydrogen-bond donors (Lipinski definition) is 1. The Kier molecular flexibility index (Phi) is 12.6. The van der Waals surface area contributed by atoms with E-state index in [1.807, 2.05) is 24.3 Å². The van der Waals surface area contributed by atoms with Crippen molar-refractivity contribution in [3.63, 3.8) is 0 Å². The van der Waals surface area contributed by atoms with E-state index in [-0.39, 0.29) is 0 Å². The summed E-state index contributed by atoms with van der Waals surface area (Å²) in [5, 5.41) is 4.84. The Bertz CT molecular complexity index is 3020. The molecule has 0 saturated carbocycles. The molecule has 330 valence electrons. The number of pyridine rings is 2. The highest BCUT2D eigenvalue weighted by Gasteiger charge is 2.22. The van der Waals surface area contributed by atoms with Gasteiger partial charge >= 0.3 is 0 Å². The minimum Gasteiger partial charge on any atom is -0.497 e. The molecule has 0 aliphatic heterocycles. The summed E-state index contributed by atoms with van der Waals surface area (Å²) in [7, 11) is 3.42. The van der Waals surface area contributed by atoms with Crippen LogP contribution in [0.5, 0.6) is 11.5 Å². The van der Waals surface area contributed by atoms with E-state index in [0.717, 1.165) is 108 Å². The van der Waals surface area contributed by atoms with Crippen LogP contribution >= 0.6 is 0 Å². The molecule has 4 heterocycles. The number of para-hydroxylation sites is 2. The van der Waals surface area contributed by atoms with Crippen LogP contribution in [0.3, 0.4) is 0 Å². The highest BCUT2D eigenvalue weighted by molar-refractivity contribution is 6.13. The molecule has 66 heavy (non-hydrogen) atoms. The summed E-state index contributed by atoms with van der Waals surface area (Å²) in [6.07, 6.45) is 4.31. The van der Waals surface area contributed by atoms with Crippen molar-refractivity contribution in [2.75, 3.05) is 27.3 Å². The second-order valence-electron chi connectivity index (χ2n) is 17.3. The zero-order chi connectivity index (χ0) is 44.8. The molecule has 0 saturated heterocycles. The Balaban J connectivity index is 1.11. The highest BCUT2D eigenvalue weighted by atomic mass is 16.5. The van der Waals surface area contributed by atoms with Gasteiger partial charge < -0.3 is 24.3 Å². The zero-order valence-electron chi connectivity index (χ0n) is 37.9. The van der Waals surface area contributed by atoms with Crippen molar-refractivity contribution >= 4 is 43.6 Å². The number of aromatic nitrogens is 4. The van der Waals surface area contributed by atoms with Crippen LogP contribution in [0.1, 0.15) is 48.2 Å². The zero-order valence-corrected chi connectivity index (χ0v) is 37.9. The number of ether oxygens (including phenoxy) is 2. The normalized spacial score (nSPS) is 11.7. The molecule has 0 radical (unpaired) electrons. The van der Waals surface area contributed by atoms with E-state index >= 15 is 0 Å². The lowest BCUT2D eigenvalue weighted by molar-refractivity contribution is 0.245. The molecular formula is C58H56N6O2. The Morgan fingerprint density at radius 2 is 0.894 bits per heavy atom. The van der Waals surface area contributed by atoms with Crippen LogP contribution in [-0.4, -0.2) is 51.3 Å². The fourth-order valence-electron chi connectivity index (χ4n) is 9.68. The quantitative estimate of drug-likeness (QED) is 0.0865. The molecule has 6 aromatic carbocycles. The second kappa shape index (κ2) is 19.5. The van der Waals surface area contributed by atoms with Gasteiger partial charge in [0, 0.05) is 69.9 Å². The maximum absolute atomic E-state index is 5.95. The van der Waals surface area contributed by atoms with Gasteiger partial charge in [0.05, 0.1) is 48.0 Å². The maximum Gasteiger partial charge on any atom is 0.118 e. The Labute approximate surface area is 386 Å². The molecule has 0 atom stereocenters. The van der Waals surface area contributed by atoms with E-state index < -0.39 is 0 Å². The van der Waals surface area contributed by atoms with Crippen LogP contribution in [0.2, 0.25) is 0 Å². The van der Waals surface area contributed by atoms with Gasteiger partial charge in [-0.15, -0.1) is 0 Å². The number of methoxy groups -OCH3 is 2. The first-order valence-corrected chi connectivity index (χ1v) is 23.2. The number of benzene rings is 6. The summed E-state index contributed by atoms with van der Waals surface area (Å²) in [4.78, 5) is 13.8. The molecule has 10 aromatic rings. The van der Waals surface area contributed by atoms with Crippen LogP contribution in [0.4, 0.5) is 0 Å². The third-order valence-corrected chi connectivity index (χ3v) is 12.9. The SMILES string of the molecule is COc1ccc(-c2nc(CN(CCCCCCN)Cc3cc4c5ccccc5n(Cc5ccccc5)c4c(-c4ccc(OC)cc4)n3)cc3c4ccccc4n(Cc4ccccc4)c23)cc1. The number of nitrogens with zero attached hydrogens (tertiary/aromatic N) is 5. The first-order chi connectivity index (χ1) is 32.6. The van der Waals surface area contributed by atoms with Gasteiger partial charge in [-0.2, -0.15) is 0 Å². The van der Waals surface area contributed by atoms with Crippen LogP contribution in [-0.2, 0) is 26.2 Å². The van der Waals surface area contributed by atoms with Gasteiger partial charge in [-0.3, -0.25) is 4.90 Å². The third-order valence-electron chi connectivity index (χ3n) is 12.9. The van der Waals surface area contributed by atoms with Crippen LogP contribution < -0.4 is 15.2 Å². The second-order valence-corrected chi connectivity index (χ2v) is 17.3. The van der Waals surface area contributed by atoms with E-state index in [2.05, 4.69) is 160 Å². The van der Waals surface area contributed by atoms with E-state index in [9.17, 15) is 0 Å². The molecule has 0 aliphatic carbocycles. The lowest BCUT2D eigenvalue weighted by atomic mass is 10.0. The molecule has 4 aromatic heterocycles. The fraction of sp³-hybridized carbons (Fsp3) is 0.207. The molecule has 0 amide bonds. The van der Waals surface area contributed by atoms with Crippen molar-refractivity contribution < 1.29 is 9.47 Å². The van der Waals surface area contributed by atoms with Gasteiger partial charge in [0.2, 0.25) is 0 Å². The number of rotatable bonds is 18. The minimum atomic E-state index is 0.654. The van der Waals surface area contributed by atoms with Crippen LogP contribution in [0.15, 0.2) is 170 Å². The van der Waals surface area contributed by atoms with Crippen LogP contribution in [0, 0.1) is 0 Å². The van der Waals surface area contributed by atoms with E-state index in [1.165, 1.54) is 43.7 Å². The van der Waals surface area contributed by atoms with Gasteiger partial charge in [0.15, 0.2) is 0 Å². The number of unbranched alkanes of at least 4 members (excludes halogenated alkanes) is 3. The summed E-state index contributed by atoms with van der Waals surface area (Å²) in [6.45, 7) is 4.39. The lowest BCUT2D eigenvalue weighted by Crippen LogP contribution is -2.25. The Morgan fingerprint density at radius 1 is 0.470 bits per heavy atom. The van der Waals surface area contributed by atoms with Gasteiger partial charge in [0.25, 0.3) is 0 Å². The van der Waals surface area contributed by atoms with Crippen molar-refractivity contribution in [1.82, 2.24) is 24.0 Å². The summed E-state index contributed by atoms with van der Waals surface area (Å²) >= 11 is 0. The maximum atomic E-state index is 5.95. The molecule has 0 spiro atoms. The average Bonchev–Trinajstić information content (AvgIpc) is 3.85. The molecule has 10 rings (SSSR count). The van der Waals surface area contributed by atoms with Crippen molar-refractivity contribution in [3.05, 3.63) is 192 Å². The molecule has 8 heteroatoms. The molecular weight excluding hydrogens is 813 g/mol. The van der Waals surface area contributed by atoms with Crippen LogP contribution in [0.25, 0.3) is 66.1 Å². The van der Waals surface area contributed by atoms with E-state index in [4.69, 9.17) is 25.2 Å². The third kappa shape index (κ3) is 8.77. The van der Waals surface area contributed by atoms with Gasteiger partial charge in [-0.25, -0.2) is 9.97 Å². The predicted octanol–water partition coefficient (Wildman–Crippen LogP) is 12.7. The van der Waals surface area contributed by atoms with Gasteiger partial charge in [-0.05, 0) is 110 Å². The Hall–Kier alpha value is -7.26. The summed E-state index contributed by atoms with van der Waals surface area (Å²) in [5.41, 5.74) is 19.2. The van der Waals surface area contributed by atoms with E-state index in [1.54, 1.807) is 14.2 Å². The van der Waals surface area contributed by atoms with Crippen molar-refractivity contribution in [2.24, 2.45) is 5.73 Å². The predicted molar refractivity (Wildman–Crippen MR) is 271 cm³/mol. The van der Waals surface area contributed by atoms with Gasteiger partial charge in [0.1, 0.15) is 11.5 Å². The fourth-order valence-corrected chi connectivity index (χ4v) is 9.68. The number of fused-ring (bicyclic) bond motifs is 6. The summed E-state index contributed by atoms with van der Waals surface area (Å²) in [5.74, 6) is 1.64. The van der Waals surface area contributed by atoms with Crippen molar-refractivity contribution in [3.8, 4) is 34.0 Å². The first-order valence-electron chi connectivity index (χ1n) is 23.2. The molecule has 0 bridgehead atoms. The number of nitrogens with two attached hydrogens (primary N) is 1. The first kappa shape index (κ1) is 42.7. The molecule has 0 fully saturated rings. The molecule has 8 nitrogen and oxygen atoms in total. The Morgan fingerprint density at radius 3 is 1.33 bits per heavy atom. The minimum absolute atomic E-state index is 0.654.